The summed E-state index contributed by atoms with van der Waals surface area (Å²) in [5, 5.41) is 15.5. The molecule has 0 saturated heterocycles. The van der Waals surface area contributed by atoms with Gasteiger partial charge >= 0.3 is 12.1 Å². The Labute approximate surface area is 234 Å². The molecule has 1 aliphatic rings. The van der Waals surface area contributed by atoms with Gasteiger partial charge in [-0.2, -0.15) is 18.3 Å². The second-order valence-electron chi connectivity index (χ2n) is 9.73. The molecule has 1 unspecified atom stereocenters. The number of ether oxygens (including phenoxy) is 1. The van der Waals surface area contributed by atoms with E-state index >= 15 is 0 Å². The van der Waals surface area contributed by atoms with Crippen molar-refractivity contribution in [3.63, 3.8) is 0 Å². The number of fused-ring (bicyclic) bond motifs is 1. The Morgan fingerprint density at radius 2 is 1.66 bits per heavy atom. The third kappa shape index (κ3) is 6.19. The fourth-order valence-electron chi connectivity index (χ4n) is 4.73. The molecule has 1 aliphatic heterocycles. The molecule has 41 heavy (non-hydrogen) atoms. The zero-order valence-electron chi connectivity index (χ0n) is 22.1. The minimum absolute atomic E-state index is 0.0625. The van der Waals surface area contributed by atoms with Crippen LogP contribution < -0.4 is 15.0 Å². The van der Waals surface area contributed by atoms with Gasteiger partial charge in [0.15, 0.2) is 5.69 Å². The van der Waals surface area contributed by atoms with Crippen LogP contribution in [0.3, 0.4) is 0 Å². The average molecular weight is 565 g/mol. The lowest BCUT2D eigenvalue weighted by Crippen LogP contribution is -2.31. The summed E-state index contributed by atoms with van der Waals surface area (Å²) in [6, 6.07) is 22.1. The molecule has 0 radical (unpaired) electrons. The Bertz CT molecular complexity index is 1540. The molecule has 3 aromatic carbocycles. The standard InChI is InChI=1S/C30H27F3N4O4/c1-19(22-9-11-23(12-10-22)29(39)40)34-27(38)25-26(30(31,32)33)35-37-16-15-36(28(25)37)17-20-7-13-24(14-8-20)41-18-21-5-3-2-4-6-21/h2-14,19H,15-18H2,1H3,(H,34,38)(H,39,40). The largest absolute Gasteiger partial charge is 0.489 e. The number of hydrogen-bond donors (Lipinski definition) is 2. The van der Waals surface area contributed by atoms with Crippen LogP contribution in [-0.4, -0.2) is 33.3 Å². The van der Waals surface area contributed by atoms with Gasteiger partial charge < -0.3 is 20.1 Å². The quantitative estimate of drug-likeness (QED) is 0.271. The second kappa shape index (κ2) is 11.4. The van der Waals surface area contributed by atoms with Crippen molar-refractivity contribution in [1.29, 1.82) is 0 Å². The number of carbonyl (C=O) groups excluding carboxylic acids is 1. The number of carboxylic acid groups (broad SMARTS) is 1. The maximum absolute atomic E-state index is 14.0. The summed E-state index contributed by atoms with van der Waals surface area (Å²) < 4.78 is 49.0. The molecule has 0 aliphatic carbocycles. The van der Waals surface area contributed by atoms with Crippen LogP contribution in [0.4, 0.5) is 19.0 Å². The van der Waals surface area contributed by atoms with Gasteiger partial charge in [0.25, 0.3) is 5.91 Å². The van der Waals surface area contributed by atoms with E-state index in [4.69, 9.17) is 9.84 Å². The van der Waals surface area contributed by atoms with E-state index in [1.54, 1.807) is 24.0 Å². The number of anilines is 1. The summed E-state index contributed by atoms with van der Waals surface area (Å²) in [7, 11) is 0. The topological polar surface area (TPSA) is 96.7 Å². The van der Waals surface area contributed by atoms with Gasteiger partial charge in [-0.05, 0) is 47.9 Å². The maximum Gasteiger partial charge on any atom is 0.436 e. The van der Waals surface area contributed by atoms with Crippen LogP contribution in [0.15, 0.2) is 78.9 Å². The first-order valence-electron chi connectivity index (χ1n) is 12.9. The predicted octanol–water partition coefficient (Wildman–Crippen LogP) is 5.69. The monoisotopic (exact) mass is 564 g/mol. The highest BCUT2D eigenvalue weighted by Crippen LogP contribution is 2.39. The van der Waals surface area contributed by atoms with Crippen LogP contribution >= 0.6 is 0 Å². The molecule has 2 N–H and O–H groups in total. The Balaban J connectivity index is 1.34. The molecule has 0 bridgehead atoms. The minimum Gasteiger partial charge on any atom is -0.489 e. The van der Waals surface area contributed by atoms with Gasteiger partial charge in [0.2, 0.25) is 0 Å². The van der Waals surface area contributed by atoms with E-state index in [0.29, 0.717) is 24.5 Å². The van der Waals surface area contributed by atoms with Crippen LogP contribution in [0.5, 0.6) is 5.75 Å². The SMILES string of the molecule is CC(NC(=O)c1c(C(F)(F)F)nn2c1N(Cc1ccc(OCc3ccccc3)cc1)CC2)c1ccc(C(=O)O)cc1. The normalized spacial score (nSPS) is 13.5. The van der Waals surface area contributed by atoms with Crippen LogP contribution in [0.25, 0.3) is 0 Å². The lowest BCUT2D eigenvalue weighted by molar-refractivity contribution is -0.141. The number of hydrogen-bond acceptors (Lipinski definition) is 5. The van der Waals surface area contributed by atoms with Gasteiger partial charge in [-0.15, -0.1) is 0 Å². The molecule has 0 spiro atoms. The fraction of sp³-hybridized carbons (Fsp3) is 0.233. The number of nitrogens with zero attached hydrogens (tertiary/aromatic N) is 3. The van der Waals surface area contributed by atoms with Crippen molar-refractivity contribution in [1.82, 2.24) is 15.1 Å². The van der Waals surface area contributed by atoms with Gasteiger partial charge in [-0.25, -0.2) is 9.48 Å². The number of nitrogens with one attached hydrogen (secondary N) is 1. The second-order valence-corrected chi connectivity index (χ2v) is 9.73. The summed E-state index contributed by atoms with van der Waals surface area (Å²) in [6.07, 6.45) is -4.83. The molecule has 5 rings (SSSR count). The number of halogens is 3. The summed E-state index contributed by atoms with van der Waals surface area (Å²) in [4.78, 5) is 26.2. The number of rotatable bonds is 9. The molecule has 11 heteroatoms. The fourth-order valence-corrected chi connectivity index (χ4v) is 4.73. The van der Waals surface area contributed by atoms with E-state index < -0.39 is 35.4 Å². The first-order chi connectivity index (χ1) is 19.6. The third-order valence-electron chi connectivity index (χ3n) is 6.85. The van der Waals surface area contributed by atoms with Crippen molar-refractivity contribution in [2.24, 2.45) is 0 Å². The van der Waals surface area contributed by atoms with Crippen LogP contribution in [0, 0.1) is 0 Å². The Morgan fingerprint density at radius 1 is 0.976 bits per heavy atom. The molecule has 1 aromatic heterocycles. The number of amides is 1. The zero-order chi connectivity index (χ0) is 29.1. The number of carboxylic acids is 1. The smallest absolute Gasteiger partial charge is 0.436 e. The lowest BCUT2D eigenvalue weighted by Gasteiger charge is -2.21. The highest BCUT2D eigenvalue weighted by Gasteiger charge is 2.44. The molecular weight excluding hydrogens is 537 g/mol. The van der Waals surface area contributed by atoms with Gasteiger partial charge in [0.05, 0.1) is 18.2 Å². The first-order valence-corrected chi connectivity index (χ1v) is 12.9. The lowest BCUT2D eigenvalue weighted by atomic mass is 10.1. The number of carbonyl (C=O) groups is 2. The predicted molar refractivity (Wildman–Crippen MR) is 145 cm³/mol. The maximum atomic E-state index is 14.0. The number of aromatic carboxylic acids is 1. The van der Waals surface area contributed by atoms with Crippen molar-refractivity contribution in [3.8, 4) is 5.75 Å². The van der Waals surface area contributed by atoms with E-state index in [0.717, 1.165) is 11.1 Å². The van der Waals surface area contributed by atoms with E-state index in [1.165, 1.54) is 28.9 Å². The van der Waals surface area contributed by atoms with E-state index in [-0.39, 0.29) is 24.5 Å². The third-order valence-corrected chi connectivity index (χ3v) is 6.85. The Hall–Kier alpha value is -4.80. The number of aromatic nitrogens is 2. The van der Waals surface area contributed by atoms with E-state index in [9.17, 15) is 22.8 Å². The Morgan fingerprint density at radius 3 is 2.29 bits per heavy atom. The molecule has 1 amide bonds. The van der Waals surface area contributed by atoms with Crippen LogP contribution in [-0.2, 0) is 25.9 Å². The average Bonchev–Trinajstić information content (AvgIpc) is 3.53. The number of alkyl halides is 3. The van der Waals surface area contributed by atoms with Crippen molar-refractivity contribution in [3.05, 3.63) is 112 Å². The van der Waals surface area contributed by atoms with Gasteiger partial charge in [0, 0.05) is 13.1 Å². The van der Waals surface area contributed by atoms with Gasteiger partial charge in [-0.1, -0.05) is 54.6 Å². The van der Waals surface area contributed by atoms with E-state index in [1.807, 2.05) is 42.5 Å². The van der Waals surface area contributed by atoms with Crippen molar-refractivity contribution < 1.29 is 32.6 Å². The molecule has 212 valence electrons. The summed E-state index contributed by atoms with van der Waals surface area (Å²) in [5.74, 6) is -1.25. The summed E-state index contributed by atoms with van der Waals surface area (Å²) in [6.45, 7) is 2.89. The van der Waals surface area contributed by atoms with E-state index in [2.05, 4.69) is 10.4 Å². The Kier molecular flexibility index (Phi) is 7.69. The molecule has 0 fully saturated rings. The van der Waals surface area contributed by atoms with Crippen molar-refractivity contribution >= 4 is 17.7 Å². The molecule has 0 saturated carbocycles. The van der Waals surface area contributed by atoms with Crippen LogP contribution in [0.2, 0.25) is 0 Å². The zero-order valence-corrected chi connectivity index (χ0v) is 22.1. The van der Waals surface area contributed by atoms with Crippen molar-refractivity contribution in [2.45, 2.75) is 38.8 Å². The van der Waals surface area contributed by atoms with Gasteiger partial charge in [0.1, 0.15) is 23.7 Å². The first kappa shape index (κ1) is 27.8. The summed E-state index contributed by atoms with van der Waals surface area (Å²) in [5.41, 5.74) is 0.692. The molecular formula is C30H27F3N4O4. The van der Waals surface area contributed by atoms with Gasteiger partial charge in [-0.3, -0.25) is 4.79 Å². The van der Waals surface area contributed by atoms with Crippen molar-refractivity contribution in [2.75, 3.05) is 11.4 Å². The highest BCUT2D eigenvalue weighted by molar-refractivity contribution is 6.01. The molecule has 2 heterocycles. The molecule has 1 atom stereocenters. The summed E-state index contributed by atoms with van der Waals surface area (Å²) >= 11 is 0. The van der Waals surface area contributed by atoms with Crippen LogP contribution in [0.1, 0.15) is 56.1 Å². The molecule has 4 aromatic rings. The highest BCUT2D eigenvalue weighted by atomic mass is 19.4. The molecule has 8 nitrogen and oxygen atoms in total. The minimum atomic E-state index is -4.83. The number of benzene rings is 3.